The number of rotatable bonds is 4. The molecule has 6 heteroatoms. The van der Waals surface area contributed by atoms with E-state index in [9.17, 15) is 0 Å². The monoisotopic (exact) mass is 184 g/mol. The molecule has 0 radical (unpaired) electrons. The zero-order valence-electron chi connectivity index (χ0n) is 5.46. The number of nitrogens with one attached hydrogen (secondary N) is 1. The van der Waals surface area contributed by atoms with Crippen LogP contribution in [-0.2, 0) is 4.52 Å². The molecule has 0 aromatic rings. The van der Waals surface area contributed by atoms with Gasteiger partial charge in [-0.2, -0.15) is 0 Å². The van der Waals surface area contributed by atoms with Gasteiger partial charge >= 0.3 is 0 Å². The van der Waals surface area contributed by atoms with Gasteiger partial charge in [-0.3, -0.25) is 0 Å². The van der Waals surface area contributed by atoms with Crippen LogP contribution in [0.4, 0.5) is 0 Å². The maximum atomic E-state index is 5.18. The largest absolute Gasteiger partial charge is 0.343 e. The number of hydrogen-bond acceptors (Lipinski definition) is 2. The molecule has 1 N–H and O–H groups in total. The molecular weight excluding hydrogens is 173 g/mol. The summed E-state index contributed by atoms with van der Waals surface area (Å²) in [6.07, 6.45) is 0.301. The van der Waals surface area contributed by atoms with Crippen LogP contribution in [0.3, 0.4) is 0 Å². The summed E-state index contributed by atoms with van der Waals surface area (Å²) in [5, 5.41) is 0. The van der Waals surface area contributed by atoms with E-state index in [1.807, 2.05) is 13.8 Å². The number of nitrogens with zero attached hydrogens (tertiary/aromatic N) is 1. The molecule has 0 saturated carbocycles. The van der Waals surface area contributed by atoms with Crippen LogP contribution >= 0.6 is 26.9 Å². The SMILES string of the molecule is CC(C)OPNP=NP. The van der Waals surface area contributed by atoms with Crippen LogP contribution in [0.5, 0.6) is 0 Å². The maximum absolute atomic E-state index is 5.18. The van der Waals surface area contributed by atoms with E-state index >= 15 is 0 Å². The average Bonchev–Trinajstić information content (AvgIpc) is 1.80. The molecule has 0 amide bonds. The summed E-state index contributed by atoms with van der Waals surface area (Å²) in [6, 6.07) is 0. The van der Waals surface area contributed by atoms with Gasteiger partial charge in [0.05, 0.1) is 23.6 Å². The number of hydrogen-bond donors (Lipinski definition) is 1. The Hall–Kier alpha value is 0.880. The van der Waals surface area contributed by atoms with Gasteiger partial charge < -0.3 is 4.52 Å². The van der Waals surface area contributed by atoms with E-state index in [1.54, 1.807) is 0 Å². The third kappa shape index (κ3) is 8.88. The summed E-state index contributed by atoms with van der Waals surface area (Å²) in [4.78, 5) is 2.96. The third-order valence-corrected chi connectivity index (χ3v) is 2.26. The molecule has 0 aliphatic rings. The zero-order valence-corrected chi connectivity index (χ0v) is 8.51. The Labute approximate surface area is 61.5 Å². The standard InChI is InChI=1S/C3H11N2OP3/c1-3(2)6-9-5-8-4-7/h3,9H,7H2,1-2H3,(H,4,5). The lowest BCUT2D eigenvalue weighted by molar-refractivity contribution is 0.278. The molecule has 3 nitrogen and oxygen atoms in total. The second-order valence-corrected chi connectivity index (χ2v) is 4.05. The fourth-order valence-electron chi connectivity index (χ4n) is 0.193. The van der Waals surface area contributed by atoms with E-state index in [-0.39, 0.29) is 0 Å². The normalized spacial score (nSPS) is 12.9. The Morgan fingerprint density at radius 1 is 1.78 bits per heavy atom. The highest BCUT2D eigenvalue weighted by Gasteiger charge is 1.88. The summed E-state index contributed by atoms with van der Waals surface area (Å²) in [5.41, 5.74) is 0. The lowest BCUT2D eigenvalue weighted by atomic mass is 10.5. The van der Waals surface area contributed by atoms with Crippen molar-refractivity contribution in [3.8, 4) is 0 Å². The van der Waals surface area contributed by atoms with Gasteiger partial charge in [-0.25, -0.2) is 9.37 Å². The fourth-order valence-corrected chi connectivity index (χ4v) is 1.55. The van der Waals surface area contributed by atoms with Gasteiger partial charge in [-0.1, -0.05) is 0 Å². The van der Waals surface area contributed by atoms with Crippen molar-refractivity contribution in [2.24, 2.45) is 4.52 Å². The van der Waals surface area contributed by atoms with Crippen molar-refractivity contribution in [3.63, 3.8) is 0 Å². The molecule has 54 valence electrons. The Kier molecular flexibility index (Phi) is 7.68. The molecule has 9 heavy (non-hydrogen) atoms. The van der Waals surface area contributed by atoms with E-state index in [4.69, 9.17) is 4.52 Å². The van der Waals surface area contributed by atoms with Crippen molar-refractivity contribution in [2.45, 2.75) is 20.0 Å². The van der Waals surface area contributed by atoms with Crippen molar-refractivity contribution < 1.29 is 4.52 Å². The minimum Gasteiger partial charge on any atom is -0.343 e. The highest BCUT2D eigenvalue weighted by Crippen LogP contribution is 2.14. The Balaban J connectivity index is 2.91. The Morgan fingerprint density at radius 3 is 2.89 bits per heavy atom. The van der Waals surface area contributed by atoms with Gasteiger partial charge in [-0.05, 0) is 23.2 Å². The molecule has 0 aromatic carbocycles. The van der Waals surface area contributed by atoms with Gasteiger partial charge in [0.25, 0.3) is 0 Å². The first kappa shape index (κ1) is 9.88. The van der Waals surface area contributed by atoms with Crippen molar-refractivity contribution in [2.75, 3.05) is 0 Å². The average molecular weight is 184 g/mol. The van der Waals surface area contributed by atoms with Crippen LogP contribution in [0.2, 0.25) is 0 Å². The van der Waals surface area contributed by atoms with E-state index in [2.05, 4.69) is 18.8 Å². The molecule has 0 saturated heterocycles. The van der Waals surface area contributed by atoms with Crippen molar-refractivity contribution >= 4 is 26.9 Å². The first-order valence-corrected chi connectivity index (χ1v) is 4.80. The smallest absolute Gasteiger partial charge is 0.0994 e. The predicted molar refractivity (Wildman–Crippen MR) is 46.7 cm³/mol. The van der Waals surface area contributed by atoms with Crippen LogP contribution in [0, 0.1) is 0 Å². The second kappa shape index (κ2) is 6.99. The third-order valence-electron chi connectivity index (χ3n) is 0.448. The van der Waals surface area contributed by atoms with Gasteiger partial charge in [-0.15, -0.1) is 0 Å². The van der Waals surface area contributed by atoms with E-state index in [0.29, 0.717) is 15.1 Å². The first-order valence-electron chi connectivity index (χ1n) is 2.53. The van der Waals surface area contributed by atoms with Gasteiger partial charge in [0.15, 0.2) is 0 Å². The summed E-state index contributed by atoms with van der Waals surface area (Å²) >= 11 is 0. The predicted octanol–water partition coefficient (Wildman–Crippen LogP) is 2.34. The lowest BCUT2D eigenvalue weighted by Gasteiger charge is -2.03. The summed E-state index contributed by atoms with van der Waals surface area (Å²) < 4.78 is 8.92. The quantitative estimate of drug-likeness (QED) is 0.537. The fraction of sp³-hybridized carbons (Fsp3) is 1.00. The van der Waals surface area contributed by atoms with Crippen molar-refractivity contribution in [1.82, 2.24) is 4.86 Å². The molecule has 0 heterocycles. The van der Waals surface area contributed by atoms with Gasteiger partial charge in [0, 0.05) is 0 Å². The Morgan fingerprint density at radius 2 is 2.44 bits per heavy atom. The molecule has 0 fully saturated rings. The maximum Gasteiger partial charge on any atom is 0.0994 e. The van der Waals surface area contributed by atoms with Crippen LogP contribution in [0.25, 0.3) is 0 Å². The first-order chi connectivity index (χ1) is 4.27. The zero-order chi connectivity index (χ0) is 7.11. The highest BCUT2D eigenvalue weighted by molar-refractivity contribution is 7.46. The van der Waals surface area contributed by atoms with Crippen LogP contribution < -0.4 is 4.86 Å². The van der Waals surface area contributed by atoms with Crippen molar-refractivity contribution in [3.05, 3.63) is 0 Å². The van der Waals surface area contributed by atoms with Crippen LogP contribution in [0.1, 0.15) is 13.8 Å². The summed E-state index contributed by atoms with van der Waals surface area (Å²) in [5.74, 6) is 0. The lowest BCUT2D eigenvalue weighted by Crippen LogP contribution is -1.95. The van der Waals surface area contributed by atoms with Gasteiger partial charge in [0.2, 0.25) is 0 Å². The van der Waals surface area contributed by atoms with Crippen LogP contribution in [-0.4, -0.2) is 6.10 Å². The topological polar surface area (TPSA) is 33.6 Å². The molecule has 0 aliphatic heterocycles. The summed E-state index contributed by atoms with van der Waals surface area (Å²) in [6.45, 7) is 4.01. The molecule has 2 atom stereocenters. The summed E-state index contributed by atoms with van der Waals surface area (Å²) in [7, 11) is 3.48. The van der Waals surface area contributed by atoms with E-state index < -0.39 is 0 Å². The minimum atomic E-state index is 0.301. The Bertz CT molecular complexity index is 87.1. The van der Waals surface area contributed by atoms with Crippen molar-refractivity contribution in [1.29, 1.82) is 0 Å². The molecule has 0 spiro atoms. The van der Waals surface area contributed by atoms with Gasteiger partial charge in [0.1, 0.15) is 0 Å². The molecular formula is C3H11N2OP3. The van der Waals surface area contributed by atoms with E-state index in [1.165, 1.54) is 0 Å². The van der Waals surface area contributed by atoms with E-state index in [0.717, 1.165) is 8.52 Å². The molecule has 0 rings (SSSR count). The molecule has 0 aromatic heterocycles. The van der Waals surface area contributed by atoms with Crippen LogP contribution in [0.15, 0.2) is 4.52 Å². The minimum absolute atomic E-state index is 0.301. The molecule has 0 aliphatic carbocycles. The molecule has 2 unspecified atom stereocenters. The second-order valence-electron chi connectivity index (χ2n) is 1.60. The highest BCUT2D eigenvalue weighted by atomic mass is 31.1. The molecule has 0 bridgehead atoms.